The van der Waals surface area contributed by atoms with Crippen LogP contribution in [0.15, 0.2) is 53.3 Å². The maximum atomic E-state index is 12.8. The van der Waals surface area contributed by atoms with Gasteiger partial charge >= 0.3 is 5.97 Å². The highest BCUT2D eigenvalue weighted by molar-refractivity contribution is 5.92. The van der Waals surface area contributed by atoms with Gasteiger partial charge in [0.15, 0.2) is 5.69 Å². The quantitative estimate of drug-likeness (QED) is 0.510. The van der Waals surface area contributed by atoms with Gasteiger partial charge in [-0.2, -0.15) is 15.0 Å². The summed E-state index contributed by atoms with van der Waals surface area (Å²) >= 11 is 0. The molecule has 0 spiro atoms. The van der Waals surface area contributed by atoms with E-state index in [1.807, 2.05) is 0 Å². The molecule has 0 bridgehead atoms. The van der Waals surface area contributed by atoms with Crippen LogP contribution in [0.5, 0.6) is 0 Å². The number of aromatic carboxylic acids is 1. The lowest BCUT2D eigenvalue weighted by Crippen LogP contribution is -2.28. The van der Waals surface area contributed by atoms with Crippen LogP contribution in [0.3, 0.4) is 0 Å². The van der Waals surface area contributed by atoms with Gasteiger partial charge in [-0.15, -0.1) is 0 Å². The molecule has 9 nitrogen and oxygen atoms in total. The van der Waals surface area contributed by atoms with Crippen LogP contribution in [0.25, 0.3) is 17.8 Å². The van der Waals surface area contributed by atoms with E-state index in [2.05, 4.69) is 5.10 Å². The van der Waals surface area contributed by atoms with Crippen molar-refractivity contribution in [3.05, 3.63) is 96.9 Å². The Labute approximate surface area is 169 Å². The zero-order valence-corrected chi connectivity index (χ0v) is 15.6. The van der Waals surface area contributed by atoms with Crippen molar-refractivity contribution in [2.75, 3.05) is 0 Å². The van der Waals surface area contributed by atoms with E-state index in [1.165, 1.54) is 36.4 Å². The number of aromatic nitrogens is 2. The summed E-state index contributed by atoms with van der Waals surface area (Å²) in [5.74, 6) is -1.41. The Hall–Kier alpha value is -4.58. The van der Waals surface area contributed by atoms with Crippen LogP contribution >= 0.6 is 0 Å². The first-order chi connectivity index (χ1) is 14.3. The topological polar surface area (TPSA) is 139 Å². The van der Waals surface area contributed by atoms with Gasteiger partial charge in [-0.05, 0) is 42.3 Å². The van der Waals surface area contributed by atoms with Gasteiger partial charge in [0.1, 0.15) is 11.6 Å². The van der Waals surface area contributed by atoms with E-state index in [1.54, 1.807) is 37.3 Å². The zero-order valence-electron chi connectivity index (χ0n) is 15.6. The molecule has 3 aromatic rings. The minimum Gasteiger partial charge on any atom is -0.476 e. The predicted octanol–water partition coefficient (Wildman–Crippen LogP) is 3.19. The summed E-state index contributed by atoms with van der Waals surface area (Å²) in [6, 6.07) is 14.0. The Morgan fingerprint density at radius 2 is 1.93 bits per heavy atom. The van der Waals surface area contributed by atoms with Crippen molar-refractivity contribution in [3.8, 4) is 11.8 Å². The molecule has 2 aromatic carbocycles. The van der Waals surface area contributed by atoms with Gasteiger partial charge in [-0.3, -0.25) is 14.9 Å². The summed E-state index contributed by atoms with van der Waals surface area (Å²) in [6.45, 7) is 1.80. The molecule has 0 fully saturated rings. The van der Waals surface area contributed by atoms with E-state index in [0.29, 0.717) is 11.3 Å². The van der Waals surface area contributed by atoms with Crippen molar-refractivity contribution in [2.45, 2.75) is 6.92 Å². The Morgan fingerprint density at radius 1 is 1.23 bits per heavy atom. The minimum atomic E-state index is -1.41. The number of rotatable bonds is 5. The molecule has 0 saturated heterocycles. The Bertz CT molecular complexity index is 1280. The number of hydrogen-bond acceptors (Lipinski definition) is 6. The number of nitro groups is 1. The highest BCUT2D eigenvalue weighted by Gasteiger charge is 2.21. The maximum Gasteiger partial charge on any atom is 0.357 e. The second kappa shape index (κ2) is 8.20. The number of nitrogens with zero attached hydrogens (tertiary/aromatic N) is 4. The number of nitriles is 1. The second-order valence-corrected chi connectivity index (χ2v) is 6.29. The van der Waals surface area contributed by atoms with E-state index in [-0.39, 0.29) is 16.8 Å². The average Bonchev–Trinajstić information content (AvgIpc) is 2.72. The van der Waals surface area contributed by atoms with Crippen molar-refractivity contribution in [3.63, 3.8) is 0 Å². The first kappa shape index (κ1) is 20.2. The SMILES string of the molecule is Cc1cccc(-n2nc(C(=O)O)c(/C=C\c3ccc([N+](=O)[O-])cc3)c(C#N)c2=O)c1. The van der Waals surface area contributed by atoms with Gasteiger partial charge in [0.25, 0.3) is 11.2 Å². The summed E-state index contributed by atoms with van der Waals surface area (Å²) in [4.78, 5) is 34.8. The predicted molar refractivity (Wildman–Crippen MR) is 108 cm³/mol. The Kier molecular flexibility index (Phi) is 5.51. The summed E-state index contributed by atoms with van der Waals surface area (Å²) in [5.41, 5.74) is -0.146. The van der Waals surface area contributed by atoms with Crippen LogP contribution < -0.4 is 5.56 Å². The van der Waals surface area contributed by atoms with Crippen LogP contribution in [-0.2, 0) is 0 Å². The molecular weight excluding hydrogens is 388 g/mol. The standard InChI is InChI=1S/C21H14N4O5/c1-13-3-2-4-16(11-13)24-20(26)18(12-22)17(19(23-24)21(27)28)10-7-14-5-8-15(9-6-14)25(29)30/h2-11H,1H3,(H,27,28)/b10-7-. The Balaban J connectivity index is 2.16. The van der Waals surface area contributed by atoms with E-state index < -0.39 is 22.1 Å². The first-order valence-electron chi connectivity index (χ1n) is 8.62. The summed E-state index contributed by atoms with van der Waals surface area (Å²) in [5, 5.41) is 33.8. The van der Waals surface area contributed by atoms with E-state index in [0.717, 1.165) is 10.2 Å². The fraction of sp³-hybridized carbons (Fsp3) is 0.0476. The third-order valence-corrected chi connectivity index (χ3v) is 4.24. The van der Waals surface area contributed by atoms with Crippen LogP contribution in [0.4, 0.5) is 5.69 Å². The molecule has 0 radical (unpaired) electrons. The maximum absolute atomic E-state index is 12.8. The molecular formula is C21H14N4O5. The molecule has 0 saturated carbocycles. The second-order valence-electron chi connectivity index (χ2n) is 6.29. The van der Waals surface area contributed by atoms with Crippen LogP contribution in [-0.4, -0.2) is 25.8 Å². The van der Waals surface area contributed by atoms with Gasteiger partial charge in [0, 0.05) is 17.7 Å². The van der Waals surface area contributed by atoms with Crippen LogP contribution in [0.1, 0.15) is 32.7 Å². The monoisotopic (exact) mass is 402 g/mol. The molecule has 0 aliphatic rings. The Morgan fingerprint density at radius 3 is 2.50 bits per heavy atom. The van der Waals surface area contributed by atoms with Crippen LogP contribution in [0, 0.1) is 28.4 Å². The molecule has 9 heteroatoms. The average molecular weight is 402 g/mol. The first-order valence-corrected chi connectivity index (χ1v) is 8.62. The third-order valence-electron chi connectivity index (χ3n) is 4.24. The lowest BCUT2D eigenvalue weighted by atomic mass is 10.1. The van der Waals surface area contributed by atoms with Crippen molar-refractivity contribution in [1.82, 2.24) is 9.78 Å². The largest absolute Gasteiger partial charge is 0.476 e. The van der Waals surface area contributed by atoms with Crippen molar-refractivity contribution >= 4 is 23.8 Å². The summed E-state index contributed by atoms with van der Waals surface area (Å²) in [7, 11) is 0. The van der Waals surface area contributed by atoms with E-state index in [4.69, 9.17) is 0 Å². The van der Waals surface area contributed by atoms with Gasteiger partial charge in [-0.25, -0.2) is 4.79 Å². The van der Waals surface area contributed by atoms with Crippen molar-refractivity contribution in [1.29, 1.82) is 5.26 Å². The number of nitro benzene ring substituents is 1. The number of carboxylic acids is 1. The number of carbonyl (C=O) groups is 1. The molecule has 0 unspecified atom stereocenters. The van der Waals surface area contributed by atoms with Gasteiger partial charge in [0.2, 0.25) is 0 Å². The molecule has 3 rings (SSSR count). The molecule has 1 aromatic heterocycles. The number of hydrogen-bond donors (Lipinski definition) is 1. The number of aryl methyl sites for hydroxylation is 1. The summed E-state index contributed by atoms with van der Waals surface area (Å²) < 4.78 is 0.887. The minimum absolute atomic E-state index is 0.0986. The van der Waals surface area contributed by atoms with Crippen molar-refractivity contribution < 1.29 is 14.8 Å². The normalized spacial score (nSPS) is 10.7. The van der Waals surface area contributed by atoms with Gasteiger partial charge in [-0.1, -0.05) is 24.3 Å². The smallest absolute Gasteiger partial charge is 0.357 e. The van der Waals surface area contributed by atoms with Gasteiger partial charge in [0.05, 0.1) is 10.6 Å². The van der Waals surface area contributed by atoms with E-state index >= 15 is 0 Å². The highest BCUT2D eigenvalue weighted by atomic mass is 16.6. The fourth-order valence-corrected chi connectivity index (χ4v) is 2.79. The number of non-ortho nitro benzene ring substituents is 1. The zero-order chi connectivity index (χ0) is 21.8. The molecule has 1 N–H and O–H groups in total. The van der Waals surface area contributed by atoms with Crippen LogP contribution in [0.2, 0.25) is 0 Å². The highest BCUT2D eigenvalue weighted by Crippen LogP contribution is 2.18. The molecule has 0 aliphatic carbocycles. The molecule has 0 atom stereocenters. The number of benzene rings is 2. The fourth-order valence-electron chi connectivity index (χ4n) is 2.79. The number of carboxylic acid groups (broad SMARTS) is 1. The molecule has 0 amide bonds. The molecule has 30 heavy (non-hydrogen) atoms. The van der Waals surface area contributed by atoms with Crippen molar-refractivity contribution in [2.24, 2.45) is 0 Å². The summed E-state index contributed by atoms with van der Waals surface area (Å²) in [6.07, 6.45) is 2.74. The third kappa shape index (κ3) is 3.98. The molecule has 148 valence electrons. The van der Waals surface area contributed by atoms with E-state index in [9.17, 15) is 30.1 Å². The van der Waals surface area contributed by atoms with Gasteiger partial charge < -0.3 is 5.11 Å². The molecule has 1 heterocycles. The lowest BCUT2D eigenvalue weighted by molar-refractivity contribution is -0.384. The molecule has 0 aliphatic heterocycles. The lowest BCUT2D eigenvalue weighted by Gasteiger charge is -2.10.